The number of carbonyl (C=O) groups is 2. The highest BCUT2D eigenvalue weighted by molar-refractivity contribution is 5.80. The van der Waals surface area contributed by atoms with Gasteiger partial charge in [0, 0.05) is 25.4 Å². The molecule has 4 heteroatoms. The maximum absolute atomic E-state index is 12.3. The fraction of sp³-hybridized carbons (Fsp3) is 0.529. The first-order chi connectivity index (χ1) is 10.1. The van der Waals surface area contributed by atoms with E-state index in [9.17, 15) is 9.59 Å². The highest BCUT2D eigenvalue weighted by Crippen LogP contribution is 2.38. The third kappa shape index (κ3) is 2.94. The van der Waals surface area contributed by atoms with Crippen LogP contribution in [0, 0.1) is 11.8 Å². The number of amides is 1. The molecule has 3 atom stereocenters. The standard InChI is InChI=1S/C17H21NO3/c1-12-10-18(16-8-7-14(19)9-15(12)16)17(20)21-11-13-5-3-2-4-6-13/h2-6,12,15-16H,7-11H2,1H3/t12-,15+,16-/m1/s1. The lowest BCUT2D eigenvalue weighted by Gasteiger charge is -2.30. The zero-order valence-electron chi connectivity index (χ0n) is 12.3. The molecule has 112 valence electrons. The first-order valence-electron chi connectivity index (χ1n) is 7.64. The molecule has 21 heavy (non-hydrogen) atoms. The van der Waals surface area contributed by atoms with E-state index in [0.29, 0.717) is 43.6 Å². The highest BCUT2D eigenvalue weighted by Gasteiger charge is 2.45. The van der Waals surface area contributed by atoms with E-state index >= 15 is 0 Å². The molecule has 2 fully saturated rings. The van der Waals surface area contributed by atoms with E-state index in [1.165, 1.54) is 0 Å². The topological polar surface area (TPSA) is 46.6 Å². The van der Waals surface area contributed by atoms with Crippen molar-refractivity contribution in [3.8, 4) is 0 Å². The molecular formula is C17H21NO3. The van der Waals surface area contributed by atoms with Crippen LogP contribution in [-0.4, -0.2) is 29.4 Å². The summed E-state index contributed by atoms with van der Waals surface area (Å²) in [6.07, 6.45) is 1.76. The molecule has 0 bridgehead atoms. The van der Waals surface area contributed by atoms with Crippen LogP contribution in [0.5, 0.6) is 0 Å². The summed E-state index contributed by atoms with van der Waals surface area (Å²) < 4.78 is 5.44. The maximum atomic E-state index is 12.3. The van der Waals surface area contributed by atoms with Crippen LogP contribution >= 0.6 is 0 Å². The summed E-state index contributed by atoms with van der Waals surface area (Å²) >= 11 is 0. The van der Waals surface area contributed by atoms with Gasteiger partial charge in [0.15, 0.2) is 0 Å². The molecular weight excluding hydrogens is 266 g/mol. The van der Waals surface area contributed by atoms with E-state index in [0.717, 1.165) is 12.0 Å². The van der Waals surface area contributed by atoms with Crippen molar-refractivity contribution in [1.29, 1.82) is 0 Å². The number of ketones is 1. The normalized spacial score (nSPS) is 28.3. The van der Waals surface area contributed by atoms with Crippen molar-refractivity contribution in [3.05, 3.63) is 35.9 Å². The minimum atomic E-state index is -0.243. The second-order valence-corrected chi connectivity index (χ2v) is 6.18. The third-order valence-corrected chi connectivity index (χ3v) is 4.73. The lowest BCUT2D eigenvalue weighted by Crippen LogP contribution is -2.41. The first-order valence-corrected chi connectivity index (χ1v) is 7.64. The van der Waals surface area contributed by atoms with Crippen LogP contribution < -0.4 is 0 Å². The number of hydrogen-bond donors (Lipinski definition) is 0. The zero-order valence-corrected chi connectivity index (χ0v) is 12.3. The Morgan fingerprint density at radius 3 is 2.86 bits per heavy atom. The Hall–Kier alpha value is -1.84. The molecule has 2 aliphatic rings. The molecule has 1 aliphatic carbocycles. The third-order valence-electron chi connectivity index (χ3n) is 4.73. The van der Waals surface area contributed by atoms with Crippen LogP contribution in [0.1, 0.15) is 31.7 Å². The fourth-order valence-corrected chi connectivity index (χ4v) is 3.58. The number of fused-ring (bicyclic) bond motifs is 1. The molecule has 0 unspecified atom stereocenters. The number of nitrogens with zero attached hydrogens (tertiary/aromatic N) is 1. The Bertz CT molecular complexity index is 528. The van der Waals surface area contributed by atoms with Gasteiger partial charge in [0.25, 0.3) is 0 Å². The summed E-state index contributed by atoms with van der Waals surface area (Å²) in [5.41, 5.74) is 0.994. The van der Waals surface area contributed by atoms with E-state index in [-0.39, 0.29) is 12.1 Å². The lowest BCUT2D eigenvalue weighted by molar-refractivity contribution is -0.122. The number of likely N-dealkylation sites (tertiary alicyclic amines) is 1. The lowest BCUT2D eigenvalue weighted by atomic mass is 9.80. The van der Waals surface area contributed by atoms with Gasteiger partial charge in [0.2, 0.25) is 0 Å². The monoisotopic (exact) mass is 287 g/mol. The molecule has 1 amide bonds. The van der Waals surface area contributed by atoms with E-state index in [1.54, 1.807) is 0 Å². The van der Waals surface area contributed by atoms with Crippen LogP contribution in [0.2, 0.25) is 0 Å². The molecule has 4 nitrogen and oxygen atoms in total. The molecule has 0 N–H and O–H groups in total. The molecule has 3 rings (SSSR count). The average Bonchev–Trinajstić information content (AvgIpc) is 2.83. The van der Waals surface area contributed by atoms with Gasteiger partial charge >= 0.3 is 6.09 Å². The van der Waals surface area contributed by atoms with Gasteiger partial charge in [-0.1, -0.05) is 37.3 Å². The van der Waals surface area contributed by atoms with Crippen molar-refractivity contribution in [1.82, 2.24) is 4.90 Å². The number of carbonyl (C=O) groups excluding carboxylic acids is 2. The Morgan fingerprint density at radius 1 is 1.33 bits per heavy atom. The van der Waals surface area contributed by atoms with Crippen molar-refractivity contribution < 1.29 is 14.3 Å². The largest absolute Gasteiger partial charge is 0.445 e. The van der Waals surface area contributed by atoms with E-state index < -0.39 is 0 Å². The van der Waals surface area contributed by atoms with Crippen molar-refractivity contribution in [2.45, 2.75) is 38.8 Å². The number of rotatable bonds is 2. The second-order valence-electron chi connectivity index (χ2n) is 6.18. The van der Waals surface area contributed by atoms with Gasteiger partial charge in [-0.2, -0.15) is 0 Å². The quantitative estimate of drug-likeness (QED) is 0.840. The molecule has 1 aromatic rings. The fourth-order valence-electron chi connectivity index (χ4n) is 3.58. The molecule has 1 aromatic carbocycles. The van der Waals surface area contributed by atoms with Crippen LogP contribution in [0.15, 0.2) is 30.3 Å². The molecule has 0 aromatic heterocycles. The van der Waals surface area contributed by atoms with Crippen molar-refractivity contribution in [2.24, 2.45) is 11.8 Å². The maximum Gasteiger partial charge on any atom is 0.410 e. The van der Waals surface area contributed by atoms with Gasteiger partial charge in [0.05, 0.1) is 0 Å². The Morgan fingerprint density at radius 2 is 2.10 bits per heavy atom. The summed E-state index contributed by atoms with van der Waals surface area (Å²) in [4.78, 5) is 25.8. The van der Waals surface area contributed by atoms with Gasteiger partial charge in [-0.3, -0.25) is 4.79 Å². The Labute approximate surface area is 125 Å². The number of hydrogen-bond acceptors (Lipinski definition) is 3. The summed E-state index contributed by atoms with van der Waals surface area (Å²) in [6.45, 7) is 3.14. The molecule has 0 radical (unpaired) electrons. The Balaban J connectivity index is 1.61. The molecule has 0 spiro atoms. The molecule has 1 saturated carbocycles. The SMILES string of the molecule is C[C@@H]1CN(C(=O)OCc2ccccc2)[C@@H]2CCC(=O)C[C@@H]12. The molecule has 1 saturated heterocycles. The number of ether oxygens (including phenoxy) is 1. The van der Waals surface area contributed by atoms with E-state index in [1.807, 2.05) is 35.2 Å². The summed E-state index contributed by atoms with van der Waals surface area (Å²) in [7, 11) is 0. The van der Waals surface area contributed by atoms with Crippen LogP contribution in [0.25, 0.3) is 0 Å². The van der Waals surface area contributed by atoms with Gasteiger partial charge in [-0.05, 0) is 23.8 Å². The summed E-state index contributed by atoms with van der Waals surface area (Å²) in [6, 6.07) is 9.88. The van der Waals surface area contributed by atoms with Gasteiger partial charge < -0.3 is 9.64 Å². The van der Waals surface area contributed by atoms with Crippen LogP contribution in [0.4, 0.5) is 4.79 Å². The van der Waals surface area contributed by atoms with Crippen LogP contribution in [-0.2, 0) is 16.1 Å². The predicted molar refractivity (Wildman–Crippen MR) is 78.6 cm³/mol. The summed E-state index contributed by atoms with van der Waals surface area (Å²) in [5.74, 6) is 1.03. The minimum Gasteiger partial charge on any atom is -0.445 e. The minimum absolute atomic E-state index is 0.181. The van der Waals surface area contributed by atoms with Gasteiger partial charge in [0.1, 0.15) is 12.4 Å². The van der Waals surface area contributed by atoms with Crippen LogP contribution in [0.3, 0.4) is 0 Å². The first kappa shape index (κ1) is 14.1. The average molecular weight is 287 g/mol. The van der Waals surface area contributed by atoms with Crippen molar-refractivity contribution in [2.75, 3.05) is 6.54 Å². The van der Waals surface area contributed by atoms with E-state index in [4.69, 9.17) is 4.74 Å². The number of benzene rings is 1. The second kappa shape index (κ2) is 5.88. The van der Waals surface area contributed by atoms with Crippen molar-refractivity contribution >= 4 is 11.9 Å². The molecule has 1 aliphatic heterocycles. The van der Waals surface area contributed by atoms with Gasteiger partial charge in [-0.25, -0.2) is 4.79 Å². The zero-order chi connectivity index (χ0) is 14.8. The van der Waals surface area contributed by atoms with Crippen molar-refractivity contribution in [3.63, 3.8) is 0 Å². The smallest absolute Gasteiger partial charge is 0.410 e. The number of Topliss-reactive ketones (excluding diaryl/α,β-unsaturated/α-hetero) is 1. The predicted octanol–water partition coefficient (Wildman–Crippen LogP) is 3.01. The van der Waals surface area contributed by atoms with Gasteiger partial charge in [-0.15, -0.1) is 0 Å². The van der Waals surface area contributed by atoms with E-state index in [2.05, 4.69) is 6.92 Å². The molecule has 1 heterocycles. The Kier molecular flexibility index (Phi) is 3.95. The summed E-state index contributed by atoms with van der Waals surface area (Å²) in [5, 5.41) is 0. The highest BCUT2D eigenvalue weighted by atomic mass is 16.6.